The number of nitrogens with two attached hydrogens (primary N) is 1. The van der Waals surface area contributed by atoms with Crippen molar-refractivity contribution in [2.45, 2.75) is 19.8 Å². The molecule has 1 rings (SSSR count). The molecule has 0 spiro atoms. The lowest BCUT2D eigenvalue weighted by Crippen LogP contribution is -2.24. The van der Waals surface area contributed by atoms with Crippen LogP contribution in [0.4, 0.5) is 4.79 Å². The van der Waals surface area contributed by atoms with Gasteiger partial charge in [-0.3, -0.25) is 0 Å². The van der Waals surface area contributed by atoms with Crippen molar-refractivity contribution in [3.05, 3.63) is 23.8 Å². The van der Waals surface area contributed by atoms with E-state index in [1.54, 1.807) is 13.2 Å². The molecular weight excluding hydrogens is 246 g/mol. The molecule has 1 aromatic carbocycles. The van der Waals surface area contributed by atoms with Gasteiger partial charge >= 0.3 is 6.03 Å². The molecule has 0 aliphatic rings. The summed E-state index contributed by atoms with van der Waals surface area (Å²) in [6, 6.07) is 4.72. The monoisotopic (exact) mass is 265 g/mol. The number of primary amides is 1. The van der Waals surface area contributed by atoms with Gasteiger partial charge in [0, 0.05) is 5.56 Å². The molecule has 3 N–H and O–H groups in total. The number of rotatable bonds is 7. The number of nitrogens with zero attached hydrogens (tertiary/aromatic N) is 1. The Balaban J connectivity index is 2.88. The summed E-state index contributed by atoms with van der Waals surface area (Å²) in [5, 5.41) is 3.72. The van der Waals surface area contributed by atoms with Crippen molar-refractivity contribution in [3.8, 4) is 11.5 Å². The molecule has 0 unspecified atom stereocenters. The van der Waals surface area contributed by atoms with Gasteiger partial charge < -0.3 is 15.2 Å². The zero-order valence-corrected chi connectivity index (χ0v) is 11.2. The van der Waals surface area contributed by atoms with Gasteiger partial charge in [0.25, 0.3) is 0 Å². The van der Waals surface area contributed by atoms with Gasteiger partial charge in [0.2, 0.25) is 0 Å². The average Bonchev–Trinajstić information content (AvgIpc) is 2.39. The number of methoxy groups -OCH3 is 1. The molecule has 0 radical (unpaired) electrons. The van der Waals surface area contributed by atoms with Crippen LogP contribution in [0, 0.1) is 0 Å². The van der Waals surface area contributed by atoms with E-state index in [1.165, 1.54) is 6.21 Å². The van der Waals surface area contributed by atoms with Crippen molar-refractivity contribution < 1.29 is 14.3 Å². The first-order valence-electron chi connectivity index (χ1n) is 6.07. The van der Waals surface area contributed by atoms with E-state index in [0.29, 0.717) is 23.7 Å². The zero-order chi connectivity index (χ0) is 14.1. The van der Waals surface area contributed by atoms with Crippen LogP contribution in [0.1, 0.15) is 25.3 Å². The Bertz CT molecular complexity index is 447. The Kier molecular flexibility index (Phi) is 6.21. The molecule has 2 amide bonds. The van der Waals surface area contributed by atoms with E-state index in [-0.39, 0.29) is 0 Å². The Morgan fingerprint density at radius 2 is 2.32 bits per heavy atom. The second-order valence-electron chi connectivity index (χ2n) is 3.81. The number of hydrogen-bond donors (Lipinski definition) is 2. The van der Waals surface area contributed by atoms with E-state index in [0.717, 1.165) is 12.8 Å². The van der Waals surface area contributed by atoms with Crippen molar-refractivity contribution in [3.63, 3.8) is 0 Å². The number of benzene rings is 1. The van der Waals surface area contributed by atoms with Crippen LogP contribution in [0.5, 0.6) is 11.5 Å². The molecule has 1 aromatic rings. The highest BCUT2D eigenvalue weighted by Crippen LogP contribution is 2.30. The van der Waals surface area contributed by atoms with E-state index in [9.17, 15) is 4.79 Å². The van der Waals surface area contributed by atoms with E-state index < -0.39 is 6.03 Å². The summed E-state index contributed by atoms with van der Waals surface area (Å²) in [6.45, 7) is 2.69. The molecule has 104 valence electrons. The third kappa shape index (κ3) is 4.87. The smallest absolute Gasteiger partial charge is 0.332 e. The number of hydrogen-bond acceptors (Lipinski definition) is 4. The van der Waals surface area contributed by atoms with Crippen molar-refractivity contribution in [2.24, 2.45) is 10.8 Å². The van der Waals surface area contributed by atoms with Crippen LogP contribution in [0.25, 0.3) is 0 Å². The minimum atomic E-state index is -0.715. The quantitative estimate of drug-likeness (QED) is 0.448. The summed E-state index contributed by atoms with van der Waals surface area (Å²) in [7, 11) is 1.57. The van der Waals surface area contributed by atoms with Crippen molar-refractivity contribution >= 4 is 12.2 Å². The third-order valence-electron chi connectivity index (χ3n) is 2.35. The zero-order valence-electron chi connectivity index (χ0n) is 11.2. The van der Waals surface area contributed by atoms with Crippen LogP contribution in [0.3, 0.4) is 0 Å². The first-order valence-corrected chi connectivity index (χ1v) is 6.07. The number of ether oxygens (including phenoxy) is 2. The molecule has 0 aliphatic heterocycles. The standard InChI is InChI=1S/C13H19N3O3/c1-3-4-8-19-12-10(9-15-16-13(14)17)6-5-7-11(12)18-2/h5-7,9H,3-4,8H2,1-2H3,(H3,14,16,17). The molecule has 0 aromatic heterocycles. The van der Waals surface area contributed by atoms with Gasteiger partial charge in [-0.25, -0.2) is 10.2 Å². The minimum absolute atomic E-state index is 0.598. The number of unbranched alkanes of at least 4 members (excludes halogenated alkanes) is 1. The molecule has 0 saturated heterocycles. The van der Waals surface area contributed by atoms with Crippen LogP contribution in [0.15, 0.2) is 23.3 Å². The van der Waals surface area contributed by atoms with Crippen LogP contribution in [-0.4, -0.2) is 26.0 Å². The third-order valence-corrected chi connectivity index (χ3v) is 2.35. The molecule has 0 fully saturated rings. The molecule has 19 heavy (non-hydrogen) atoms. The summed E-state index contributed by atoms with van der Waals surface area (Å²) < 4.78 is 10.9. The highest BCUT2D eigenvalue weighted by molar-refractivity contribution is 5.86. The normalized spacial score (nSPS) is 10.4. The lowest BCUT2D eigenvalue weighted by molar-refractivity contribution is 0.249. The first-order chi connectivity index (χ1) is 9.19. The predicted octanol–water partition coefficient (Wildman–Crippen LogP) is 1.88. The fourth-order valence-corrected chi connectivity index (χ4v) is 1.43. The number of carbonyl (C=O) groups excluding carboxylic acids is 1. The number of para-hydroxylation sites is 1. The van der Waals surface area contributed by atoms with Crippen molar-refractivity contribution in [1.82, 2.24) is 5.43 Å². The SMILES string of the molecule is CCCCOc1c(C=NNC(N)=O)cccc1OC. The van der Waals surface area contributed by atoms with Crippen LogP contribution in [-0.2, 0) is 0 Å². The fourth-order valence-electron chi connectivity index (χ4n) is 1.43. The van der Waals surface area contributed by atoms with Gasteiger partial charge in [0.1, 0.15) is 0 Å². The van der Waals surface area contributed by atoms with Gasteiger partial charge in [-0.1, -0.05) is 19.4 Å². The molecule has 0 aliphatic carbocycles. The topological polar surface area (TPSA) is 85.9 Å². The largest absolute Gasteiger partial charge is 0.493 e. The number of amides is 2. The molecular formula is C13H19N3O3. The van der Waals surface area contributed by atoms with E-state index >= 15 is 0 Å². The molecule has 6 nitrogen and oxygen atoms in total. The lowest BCUT2D eigenvalue weighted by atomic mass is 10.2. The van der Waals surface area contributed by atoms with E-state index in [2.05, 4.69) is 17.5 Å². The van der Waals surface area contributed by atoms with Gasteiger partial charge in [-0.15, -0.1) is 0 Å². The Hall–Kier alpha value is -2.24. The first kappa shape index (κ1) is 14.8. The fraction of sp³-hybridized carbons (Fsp3) is 0.385. The maximum atomic E-state index is 10.5. The number of urea groups is 1. The highest BCUT2D eigenvalue weighted by atomic mass is 16.5. The highest BCUT2D eigenvalue weighted by Gasteiger charge is 2.08. The lowest BCUT2D eigenvalue weighted by Gasteiger charge is -2.12. The summed E-state index contributed by atoms with van der Waals surface area (Å²) >= 11 is 0. The molecule has 0 bridgehead atoms. The Morgan fingerprint density at radius 3 is 2.95 bits per heavy atom. The van der Waals surface area contributed by atoms with Crippen LogP contribution < -0.4 is 20.6 Å². The van der Waals surface area contributed by atoms with Crippen molar-refractivity contribution in [1.29, 1.82) is 0 Å². The van der Waals surface area contributed by atoms with Gasteiger partial charge in [0.05, 0.1) is 19.9 Å². The maximum absolute atomic E-state index is 10.5. The summed E-state index contributed by atoms with van der Waals surface area (Å²) in [4.78, 5) is 10.5. The second kappa shape index (κ2) is 7.97. The average molecular weight is 265 g/mol. The van der Waals surface area contributed by atoms with Crippen LogP contribution >= 0.6 is 0 Å². The van der Waals surface area contributed by atoms with E-state index in [4.69, 9.17) is 15.2 Å². The summed E-state index contributed by atoms with van der Waals surface area (Å²) in [5.74, 6) is 1.23. The Labute approximate surface area is 112 Å². The number of nitrogens with one attached hydrogen (secondary N) is 1. The van der Waals surface area contributed by atoms with Gasteiger partial charge in [-0.2, -0.15) is 5.10 Å². The number of carbonyl (C=O) groups is 1. The molecule has 0 saturated carbocycles. The van der Waals surface area contributed by atoms with Crippen molar-refractivity contribution in [2.75, 3.05) is 13.7 Å². The predicted molar refractivity (Wildman–Crippen MR) is 73.7 cm³/mol. The molecule has 0 heterocycles. The second-order valence-corrected chi connectivity index (χ2v) is 3.81. The van der Waals surface area contributed by atoms with Crippen LogP contribution in [0.2, 0.25) is 0 Å². The minimum Gasteiger partial charge on any atom is -0.493 e. The maximum Gasteiger partial charge on any atom is 0.332 e. The van der Waals surface area contributed by atoms with E-state index in [1.807, 2.05) is 12.1 Å². The molecule has 6 heteroatoms. The number of hydrazone groups is 1. The van der Waals surface area contributed by atoms with Gasteiger partial charge in [-0.05, 0) is 18.6 Å². The Morgan fingerprint density at radius 1 is 1.53 bits per heavy atom. The van der Waals surface area contributed by atoms with Gasteiger partial charge in [0.15, 0.2) is 11.5 Å². The summed E-state index contributed by atoms with van der Waals surface area (Å²) in [6.07, 6.45) is 3.46. The summed E-state index contributed by atoms with van der Waals surface area (Å²) in [5.41, 5.74) is 7.78. The molecule has 0 atom stereocenters.